The van der Waals surface area contributed by atoms with Crippen molar-refractivity contribution in [3.63, 3.8) is 0 Å². The van der Waals surface area contributed by atoms with E-state index in [2.05, 4.69) is 10.2 Å². The molecule has 0 atom stereocenters. The molecule has 0 amide bonds. The van der Waals surface area contributed by atoms with Crippen molar-refractivity contribution in [1.82, 2.24) is 0 Å². The second kappa shape index (κ2) is 16.2. The molecule has 14 heteroatoms. The molecule has 14 nitrogen and oxygen atoms in total. The molecule has 0 saturated heterocycles. The molecular weight excluding hydrogens is 781 g/mol. The SMILES string of the molecule is COc1c2cccc1c1cccc(c1OC)c1cccc(c1OC)c1cccc(c1OC)c1cccc(c1OC)c1cc(N=Nc3ccc([N+](=O)[O-])cc3[N+](=O)[O-])cc2c1O. The highest BCUT2D eigenvalue weighted by molar-refractivity contribution is 6.14. The number of methoxy groups -OCH3 is 5. The Morgan fingerprint density at radius 1 is 0.426 bits per heavy atom. The van der Waals surface area contributed by atoms with Crippen LogP contribution in [0.25, 0.3) is 64.6 Å². The van der Waals surface area contributed by atoms with Crippen LogP contribution in [0.5, 0.6) is 34.5 Å². The molecule has 0 radical (unpaired) electrons. The molecule has 0 heterocycles. The summed E-state index contributed by atoms with van der Waals surface area (Å²) >= 11 is 0. The van der Waals surface area contributed by atoms with Gasteiger partial charge in [-0.1, -0.05) is 91.0 Å². The van der Waals surface area contributed by atoms with Crippen molar-refractivity contribution in [2.24, 2.45) is 10.2 Å². The zero-order valence-corrected chi connectivity index (χ0v) is 33.5. The number of phenolic OH excluding ortho intramolecular Hbond substituents is 1. The summed E-state index contributed by atoms with van der Waals surface area (Å²) < 4.78 is 30.9. The highest BCUT2D eigenvalue weighted by atomic mass is 16.6. The molecule has 0 aliphatic rings. The van der Waals surface area contributed by atoms with E-state index in [0.29, 0.717) is 61.1 Å². The lowest BCUT2D eigenvalue weighted by molar-refractivity contribution is -0.393. The minimum atomic E-state index is -0.764. The van der Waals surface area contributed by atoms with E-state index in [0.717, 1.165) is 39.7 Å². The number of aromatic hydroxyl groups is 1. The zero-order valence-electron chi connectivity index (χ0n) is 33.5. The first-order chi connectivity index (χ1) is 29.6. The summed E-state index contributed by atoms with van der Waals surface area (Å²) in [4.78, 5) is 21.9. The number of rotatable bonds is 9. The summed E-state index contributed by atoms with van der Waals surface area (Å²) in [7, 11) is 7.87. The first-order valence-electron chi connectivity index (χ1n) is 18.7. The quantitative estimate of drug-likeness (QED) is 0.0837. The van der Waals surface area contributed by atoms with E-state index >= 15 is 0 Å². The standard InChI is InChI=1S/C47H36N4O10/c1-57-43-28-11-6-12-29(43)31-14-8-16-33(45(31)59-3)35-18-10-20-37(47(35)61-5)39-24-26(48-49-40-22-21-27(50(53)54)25-41(40)51(55)56)23-38(42(39)52)36-19-9-17-34(46(36)60-4)32-15-7-13-30(28)44(32)58-2/h6-25,52H,1-5H3. The number of nitro benzene ring substituents is 2. The van der Waals surface area contributed by atoms with Gasteiger partial charge < -0.3 is 28.8 Å². The Bertz CT molecular complexity index is 3110. The van der Waals surface area contributed by atoms with Crippen LogP contribution in [0.2, 0.25) is 0 Å². The molecule has 304 valence electrons. The van der Waals surface area contributed by atoms with Gasteiger partial charge in [-0.15, -0.1) is 5.11 Å². The highest BCUT2D eigenvalue weighted by Crippen LogP contribution is 2.47. The van der Waals surface area contributed by atoms with E-state index < -0.39 is 21.2 Å². The number of hydrogen-bond acceptors (Lipinski definition) is 12. The minimum absolute atomic E-state index is 0.159. The number of nitrogens with zero attached hydrogens (tertiary/aromatic N) is 4. The van der Waals surface area contributed by atoms with E-state index in [1.807, 2.05) is 78.9 Å². The predicted molar refractivity (Wildman–Crippen MR) is 236 cm³/mol. The molecule has 0 spiro atoms. The molecule has 8 aromatic carbocycles. The van der Waals surface area contributed by atoms with Crippen LogP contribution in [-0.2, 0) is 0 Å². The van der Waals surface area contributed by atoms with Crippen LogP contribution >= 0.6 is 0 Å². The summed E-state index contributed by atoms with van der Waals surface area (Å²) in [6, 6.07) is 34.7. The number of hydrogen-bond donors (Lipinski definition) is 1. The second-order valence-electron chi connectivity index (χ2n) is 13.7. The molecule has 8 aromatic rings. The summed E-state index contributed by atoms with van der Waals surface area (Å²) in [6.45, 7) is 0. The molecule has 8 rings (SSSR count). The van der Waals surface area contributed by atoms with Gasteiger partial charge in [0.1, 0.15) is 34.5 Å². The van der Waals surface area contributed by atoms with Crippen LogP contribution in [0.1, 0.15) is 0 Å². The lowest BCUT2D eigenvalue weighted by atomic mass is 9.98. The van der Waals surface area contributed by atoms with Crippen molar-refractivity contribution in [1.29, 1.82) is 0 Å². The van der Waals surface area contributed by atoms with Crippen molar-refractivity contribution in [3.8, 4) is 34.5 Å². The van der Waals surface area contributed by atoms with E-state index in [4.69, 9.17) is 23.7 Å². The van der Waals surface area contributed by atoms with Crippen molar-refractivity contribution in [3.05, 3.63) is 142 Å². The van der Waals surface area contributed by atoms with Crippen LogP contribution in [0.3, 0.4) is 0 Å². The Morgan fingerprint density at radius 2 is 0.738 bits per heavy atom. The van der Waals surface area contributed by atoms with E-state index in [9.17, 15) is 25.3 Å². The van der Waals surface area contributed by atoms with E-state index in [1.165, 1.54) is 14.2 Å². The molecule has 0 saturated carbocycles. The molecule has 0 aromatic heterocycles. The van der Waals surface area contributed by atoms with Gasteiger partial charge in [0.15, 0.2) is 5.69 Å². The normalized spacial score (nSPS) is 11.3. The molecule has 61 heavy (non-hydrogen) atoms. The average molecular weight is 817 g/mol. The maximum atomic E-state index is 12.4. The Kier molecular flexibility index (Phi) is 10.5. The van der Waals surface area contributed by atoms with Gasteiger partial charge in [-0.3, -0.25) is 20.2 Å². The van der Waals surface area contributed by atoms with Crippen LogP contribution in [-0.4, -0.2) is 50.5 Å². The number of fused-ring (bicyclic) bond motifs is 18. The third-order valence-electron chi connectivity index (χ3n) is 10.6. The number of non-ortho nitro benzene ring substituents is 1. The van der Waals surface area contributed by atoms with Gasteiger partial charge in [0, 0.05) is 70.7 Å². The topological polar surface area (TPSA) is 177 Å². The summed E-state index contributed by atoms with van der Waals surface area (Å²) in [6.07, 6.45) is 0. The van der Waals surface area contributed by atoms with Crippen LogP contribution in [0.15, 0.2) is 132 Å². The van der Waals surface area contributed by atoms with Crippen LogP contribution in [0.4, 0.5) is 22.7 Å². The second-order valence-corrected chi connectivity index (χ2v) is 13.7. The Balaban J connectivity index is 1.64. The van der Waals surface area contributed by atoms with Gasteiger partial charge in [0.05, 0.1) is 57.1 Å². The number of nitro groups is 2. The Labute approximate surface area is 347 Å². The third-order valence-corrected chi connectivity index (χ3v) is 10.6. The zero-order chi connectivity index (χ0) is 42.9. The van der Waals surface area contributed by atoms with Crippen LogP contribution < -0.4 is 23.7 Å². The molecule has 0 aliphatic carbocycles. The van der Waals surface area contributed by atoms with Crippen molar-refractivity contribution >= 4 is 87.4 Å². The maximum Gasteiger partial charge on any atom is 0.303 e. The summed E-state index contributed by atoms with van der Waals surface area (Å²) in [5, 5.41) is 51.6. The number of phenols is 1. The minimum Gasteiger partial charge on any atom is -0.507 e. The summed E-state index contributed by atoms with van der Waals surface area (Å²) in [5.41, 5.74) is -1.12. The monoisotopic (exact) mass is 816 g/mol. The molecule has 12 bridgehead atoms. The average Bonchev–Trinajstić information content (AvgIpc) is 3.29. The van der Waals surface area contributed by atoms with Gasteiger partial charge in [-0.25, -0.2) is 0 Å². The number of azo groups is 1. The van der Waals surface area contributed by atoms with Crippen molar-refractivity contribution in [2.45, 2.75) is 0 Å². The fourth-order valence-electron chi connectivity index (χ4n) is 7.96. The van der Waals surface area contributed by atoms with Gasteiger partial charge in [0.25, 0.3) is 5.69 Å². The summed E-state index contributed by atoms with van der Waals surface area (Å²) in [5.74, 6) is 2.28. The van der Waals surface area contributed by atoms with E-state index in [1.54, 1.807) is 45.6 Å². The molecule has 0 unspecified atom stereocenters. The van der Waals surface area contributed by atoms with Gasteiger partial charge in [-0.05, 0) is 18.2 Å². The lowest BCUT2D eigenvalue weighted by Gasteiger charge is -2.15. The van der Waals surface area contributed by atoms with Gasteiger partial charge in [0.2, 0.25) is 0 Å². The number of ether oxygens (including phenoxy) is 5. The fourth-order valence-corrected chi connectivity index (χ4v) is 7.96. The largest absolute Gasteiger partial charge is 0.507 e. The predicted octanol–water partition coefficient (Wildman–Crippen LogP) is 12.3. The first kappa shape index (κ1) is 39.6. The molecule has 1 N–H and O–H groups in total. The van der Waals surface area contributed by atoms with Crippen LogP contribution in [0, 0.1) is 20.2 Å². The van der Waals surface area contributed by atoms with Gasteiger partial charge in [-0.2, -0.15) is 5.11 Å². The Hall–Kier alpha value is -8.26. The maximum absolute atomic E-state index is 12.4. The third kappa shape index (κ3) is 6.75. The van der Waals surface area contributed by atoms with Gasteiger partial charge >= 0.3 is 5.69 Å². The highest BCUT2D eigenvalue weighted by Gasteiger charge is 2.21. The Morgan fingerprint density at radius 3 is 1.02 bits per heavy atom. The number of benzene rings is 7. The first-order valence-corrected chi connectivity index (χ1v) is 18.7. The lowest BCUT2D eigenvalue weighted by Crippen LogP contribution is -1.92. The number of para-hydroxylation sites is 5. The van der Waals surface area contributed by atoms with Crippen molar-refractivity contribution in [2.75, 3.05) is 35.5 Å². The van der Waals surface area contributed by atoms with Crippen molar-refractivity contribution < 1.29 is 38.6 Å². The van der Waals surface area contributed by atoms with E-state index in [-0.39, 0.29) is 27.9 Å². The molecule has 0 aliphatic heterocycles. The smallest absolute Gasteiger partial charge is 0.303 e. The fraction of sp³-hybridized carbons (Fsp3) is 0.106. The molecule has 0 fully saturated rings. The molecular formula is C47H36N4O10.